The minimum absolute atomic E-state index is 0.158. The fraction of sp³-hybridized carbons (Fsp3) is 0.200. The minimum Gasteiger partial charge on any atom is -0.399 e. The van der Waals surface area contributed by atoms with Crippen molar-refractivity contribution >= 4 is 5.69 Å². The van der Waals surface area contributed by atoms with E-state index in [2.05, 4.69) is 31.2 Å². The summed E-state index contributed by atoms with van der Waals surface area (Å²) in [4.78, 5) is 0. The molecule has 0 spiro atoms. The number of benzene rings is 2. The van der Waals surface area contributed by atoms with Crippen molar-refractivity contribution in [2.45, 2.75) is 12.3 Å². The summed E-state index contributed by atoms with van der Waals surface area (Å²) in [6, 6.07) is 18.3. The molecule has 0 radical (unpaired) electrons. The number of hydrogen-bond acceptors (Lipinski definition) is 2. The van der Waals surface area contributed by atoms with E-state index < -0.39 is 0 Å². The van der Waals surface area contributed by atoms with Crippen molar-refractivity contribution in [1.29, 1.82) is 0 Å². The molecular weight excluding hydrogens is 208 g/mol. The molecule has 0 amide bonds. The molecule has 0 aromatic heterocycles. The first-order chi connectivity index (χ1) is 8.16. The van der Waals surface area contributed by atoms with E-state index in [0.29, 0.717) is 6.54 Å². The summed E-state index contributed by atoms with van der Waals surface area (Å²) >= 11 is 0. The van der Waals surface area contributed by atoms with Crippen molar-refractivity contribution in [1.82, 2.24) is 0 Å². The van der Waals surface area contributed by atoms with Crippen LogP contribution in [0.4, 0.5) is 5.69 Å². The molecule has 0 heterocycles. The molecule has 1 unspecified atom stereocenters. The molecule has 0 saturated carbocycles. The normalized spacial score (nSPS) is 14.2. The van der Waals surface area contributed by atoms with Gasteiger partial charge in [0.15, 0.2) is 0 Å². The summed E-state index contributed by atoms with van der Waals surface area (Å²) < 4.78 is 0. The van der Waals surface area contributed by atoms with Gasteiger partial charge in [-0.25, -0.2) is 0 Å². The van der Waals surface area contributed by atoms with Gasteiger partial charge >= 0.3 is 0 Å². The van der Waals surface area contributed by atoms with Crippen LogP contribution in [0.3, 0.4) is 0 Å². The van der Waals surface area contributed by atoms with Gasteiger partial charge in [-0.05, 0) is 23.3 Å². The number of nitrogens with two attached hydrogens (primary N) is 2. The van der Waals surface area contributed by atoms with E-state index >= 15 is 0 Å². The van der Waals surface area contributed by atoms with Crippen molar-refractivity contribution in [2.75, 3.05) is 12.3 Å². The van der Waals surface area contributed by atoms with Crippen LogP contribution in [0.25, 0.3) is 0 Å². The van der Waals surface area contributed by atoms with Gasteiger partial charge in [0.25, 0.3) is 0 Å². The topological polar surface area (TPSA) is 52.0 Å². The van der Waals surface area contributed by atoms with Gasteiger partial charge in [0, 0.05) is 17.6 Å². The second-order valence-electron chi connectivity index (χ2n) is 4.52. The van der Waals surface area contributed by atoms with E-state index in [1.807, 2.05) is 30.3 Å². The molecule has 0 aliphatic carbocycles. The lowest BCUT2D eigenvalue weighted by atomic mass is 9.76. The molecule has 2 nitrogen and oxygen atoms in total. The maximum Gasteiger partial charge on any atom is 0.0314 e. The van der Waals surface area contributed by atoms with E-state index in [1.165, 1.54) is 11.1 Å². The van der Waals surface area contributed by atoms with Crippen molar-refractivity contribution in [2.24, 2.45) is 5.73 Å². The fourth-order valence-corrected chi connectivity index (χ4v) is 2.06. The van der Waals surface area contributed by atoms with Crippen LogP contribution < -0.4 is 11.5 Å². The van der Waals surface area contributed by atoms with Crippen molar-refractivity contribution < 1.29 is 0 Å². The first-order valence-electron chi connectivity index (χ1n) is 5.78. The summed E-state index contributed by atoms with van der Waals surface area (Å²) in [5, 5.41) is 0. The van der Waals surface area contributed by atoms with Gasteiger partial charge in [0.2, 0.25) is 0 Å². The fourth-order valence-electron chi connectivity index (χ4n) is 2.06. The summed E-state index contributed by atoms with van der Waals surface area (Å²) in [7, 11) is 0. The Hall–Kier alpha value is -1.80. The second kappa shape index (κ2) is 4.60. The zero-order valence-corrected chi connectivity index (χ0v) is 10.1. The Morgan fingerprint density at radius 2 is 1.41 bits per heavy atom. The highest BCUT2D eigenvalue weighted by Crippen LogP contribution is 2.31. The predicted octanol–water partition coefficient (Wildman–Crippen LogP) is 2.53. The molecular formula is C15H18N2. The molecule has 0 saturated heterocycles. The molecule has 88 valence electrons. The molecule has 2 heteroatoms. The molecule has 2 aromatic rings. The predicted molar refractivity (Wildman–Crippen MR) is 72.8 cm³/mol. The first-order valence-corrected chi connectivity index (χ1v) is 5.78. The maximum atomic E-state index is 5.98. The Balaban J connectivity index is 2.48. The SMILES string of the molecule is CC(CN)(c1ccccc1)c1ccc(N)cc1. The van der Waals surface area contributed by atoms with Gasteiger partial charge in [-0.15, -0.1) is 0 Å². The molecule has 2 rings (SSSR count). The van der Waals surface area contributed by atoms with Crippen LogP contribution in [0.2, 0.25) is 0 Å². The van der Waals surface area contributed by atoms with Gasteiger partial charge < -0.3 is 11.5 Å². The van der Waals surface area contributed by atoms with E-state index in [9.17, 15) is 0 Å². The first kappa shape index (κ1) is 11.7. The lowest BCUT2D eigenvalue weighted by Gasteiger charge is -2.29. The highest BCUT2D eigenvalue weighted by atomic mass is 14.6. The van der Waals surface area contributed by atoms with Crippen molar-refractivity contribution in [3.8, 4) is 0 Å². The lowest BCUT2D eigenvalue weighted by molar-refractivity contribution is 0.584. The Morgan fingerprint density at radius 1 is 0.882 bits per heavy atom. The Kier molecular flexibility index (Phi) is 3.16. The van der Waals surface area contributed by atoms with Crippen LogP contribution in [0, 0.1) is 0 Å². The van der Waals surface area contributed by atoms with E-state index in [1.54, 1.807) is 0 Å². The van der Waals surface area contributed by atoms with Gasteiger partial charge in [-0.1, -0.05) is 49.4 Å². The van der Waals surface area contributed by atoms with Gasteiger partial charge in [-0.3, -0.25) is 0 Å². The molecule has 0 aliphatic rings. The highest BCUT2D eigenvalue weighted by molar-refractivity contribution is 5.45. The summed E-state index contributed by atoms with van der Waals surface area (Å²) in [6.45, 7) is 2.73. The van der Waals surface area contributed by atoms with Crippen LogP contribution in [0.1, 0.15) is 18.1 Å². The largest absolute Gasteiger partial charge is 0.399 e. The maximum absolute atomic E-state index is 5.98. The number of rotatable bonds is 3. The molecule has 17 heavy (non-hydrogen) atoms. The Morgan fingerprint density at radius 3 is 1.94 bits per heavy atom. The van der Waals surface area contributed by atoms with E-state index in [4.69, 9.17) is 11.5 Å². The van der Waals surface area contributed by atoms with Crippen molar-refractivity contribution in [3.63, 3.8) is 0 Å². The average molecular weight is 226 g/mol. The third-order valence-corrected chi connectivity index (χ3v) is 3.37. The standard InChI is InChI=1S/C15H18N2/c1-15(11-16,12-5-3-2-4-6-12)13-7-9-14(17)10-8-13/h2-10H,11,16-17H2,1H3. The molecule has 2 aromatic carbocycles. The average Bonchev–Trinajstić information content (AvgIpc) is 2.40. The molecule has 0 fully saturated rings. The van der Waals surface area contributed by atoms with Crippen LogP contribution in [-0.4, -0.2) is 6.54 Å². The van der Waals surface area contributed by atoms with E-state index in [0.717, 1.165) is 5.69 Å². The molecule has 1 atom stereocenters. The van der Waals surface area contributed by atoms with Crippen LogP contribution in [-0.2, 0) is 5.41 Å². The third kappa shape index (κ3) is 2.17. The third-order valence-electron chi connectivity index (χ3n) is 3.37. The van der Waals surface area contributed by atoms with Crippen molar-refractivity contribution in [3.05, 3.63) is 65.7 Å². The zero-order valence-electron chi connectivity index (χ0n) is 10.1. The summed E-state index contributed by atoms with van der Waals surface area (Å²) in [6.07, 6.45) is 0. The Labute approximate surface area is 102 Å². The summed E-state index contributed by atoms with van der Waals surface area (Å²) in [5.41, 5.74) is 14.7. The van der Waals surface area contributed by atoms with Gasteiger partial charge in [-0.2, -0.15) is 0 Å². The molecule has 0 bridgehead atoms. The number of nitrogen functional groups attached to an aromatic ring is 1. The van der Waals surface area contributed by atoms with Crippen LogP contribution in [0.15, 0.2) is 54.6 Å². The second-order valence-corrected chi connectivity index (χ2v) is 4.52. The molecule has 4 N–H and O–H groups in total. The highest BCUT2D eigenvalue weighted by Gasteiger charge is 2.26. The van der Waals surface area contributed by atoms with Gasteiger partial charge in [0.05, 0.1) is 0 Å². The number of anilines is 1. The smallest absolute Gasteiger partial charge is 0.0314 e. The quantitative estimate of drug-likeness (QED) is 0.790. The zero-order chi connectivity index (χ0) is 12.3. The van der Waals surface area contributed by atoms with Crippen LogP contribution >= 0.6 is 0 Å². The van der Waals surface area contributed by atoms with Crippen LogP contribution in [0.5, 0.6) is 0 Å². The van der Waals surface area contributed by atoms with Gasteiger partial charge in [0.1, 0.15) is 0 Å². The molecule has 0 aliphatic heterocycles. The minimum atomic E-state index is -0.158. The van der Waals surface area contributed by atoms with E-state index in [-0.39, 0.29) is 5.41 Å². The lowest BCUT2D eigenvalue weighted by Crippen LogP contribution is -2.33. The number of hydrogen-bond donors (Lipinski definition) is 2. The monoisotopic (exact) mass is 226 g/mol. The summed E-state index contributed by atoms with van der Waals surface area (Å²) in [5.74, 6) is 0. The Bertz CT molecular complexity index is 476.